The van der Waals surface area contributed by atoms with E-state index in [1.54, 1.807) is 30.6 Å². The fraction of sp³-hybridized carbons (Fsp3) is 0.0556. The fourth-order valence-electron chi connectivity index (χ4n) is 2.67. The van der Waals surface area contributed by atoms with Crippen molar-refractivity contribution in [1.82, 2.24) is 14.5 Å². The second kappa shape index (κ2) is 6.33. The van der Waals surface area contributed by atoms with E-state index >= 15 is 0 Å². The molecule has 0 radical (unpaired) electrons. The molecule has 0 spiro atoms. The first-order valence-electron chi connectivity index (χ1n) is 7.39. The number of thioether (sulfide) groups is 1. The van der Waals surface area contributed by atoms with Crippen LogP contribution < -0.4 is 5.43 Å². The van der Waals surface area contributed by atoms with Crippen LogP contribution >= 0.6 is 35.0 Å². The number of halogens is 2. The van der Waals surface area contributed by atoms with Crippen LogP contribution in [0.25, 0.3) is 27.9 Å². The predicted molar refractivity (Wildman–Crippen MR) is 104 cm³/mol. The van der Waals surface area contributed by atoms with Crippen molar-refractivity contribution in [2.75, 3.05) is 6.26 Å². The van der Waals surface area contributed by atoms with Gasteiger partial charge in [0.05, 0.1) is 15.4 Å². The van der Waals surface area contributed by atoms with Crippen LogP contribution in [0.1, 0.15) is 0 Å². The third-order valence-electron chi connectivity index (χ3n) is 3.95. The van der Waals surface area contributed by atoms with Crippen LogP contribution in [0.4, 0.5) is 0 Å². The monoisotopic (exact) mass is 387 g/mol. The van der Waals surface area contributed by atoms with Gasteiger partial charge in [0.1, 0.15) is 0 Å². The van der Waals surface area contributed by atoms with E-state index in [-0.39, 0.29) is 5.43 Å². The summed E-state index contributed by atoms with van der Waals surface area (Å²) in [5.41, 5.74) is 2.24. The minimum Gasteiger partial charge on any atom is -0.300 e. The number of rotatable bonds is 3. The minimum atomic E-state index is -0.196. The Balaban J connectivity index is 2.11. The molecule has 4 rings (SSSR count). The normalized spacial score (nSPS) is 13.0. The molecule has 0 amide bonds. The summed E-state index contributed by atoms with van der Waals surface area (Å²) in [6.07, 6.45) is 11.0. The molecule has 0 saturated carbocycles. The van der Waals surface area contributed by atoms with E-state index in [0.29, 0.717) is 37.4 Å². The van der Waals surface area contributed by atoms with Gasteiger partial charge < -0.3 is 4.57 Å². The third-order valence-corrected chi connectivity index (χ3v) is 5.14. The van der Waals surface area contributed by atoms with E-state index in [0.717, 1.165) is 5.70 Å². The molecule has 4 nitrogen and oxygen atoms in total. The molecule has 0 atom stereocenters. The summed E-state index contributed by atoms with van der Waals surface area (Å²) in [7, 11) is 0. The Hall–Kier alpha value is -2.08. The summed E-state index contributed by atoms with van der Waals surface area (Å²) in [6, 6.07) is 5.18. The molecule has 0 fully saturated rings. The van der Waals surface area contributed by atoms with Gasteiger partial charge in [0, 0.05) is 29.2 Å². The SMILES string of the molecule is CSc1ncc2c(=O)c(-c3c(Cl)cccc3Cl)cn(C3=CC=C3)c2n1. The maximum absolute atomic E-state index is 13.1. The number of fused-ring (bicyclic) bond motifs is 1. The summed E-state index contributed by atoms with van der Waals surface area (Å²) in [5.74, 6) is 0. The minimum absolute atomic E-state index is 0.196. The Labute approximate surface area is 157 Å². The lowest BCUT2D eigenvalue weighted by atomic mass is 10.0. The zero-order chi connectivity index (χ0) is 17.6. The highest BCUT2D eigenvalue weighted by Crippen LogP contribution is 2.34. The number of allylic oxidation sites excluding steroid dienone is 4. The number of nitrogens with zero attached hydrogens (tertiary/aromatic N) is 3. The highest BCUT2D eigenvalue weighted by Gasteiger charge is 2.19. The van der Waals surface area contributed by atoms with E-state index in [1.807, 2.05) is 29.1 Å². The van der Waals surface area contributed by atoms with Gasteiger partial charge in [-0.15, -0.1) is 0 Å². The van der Waals surface area contributed by atoms with Crippen LogP contribution in [0, 0.1) is 0 Å². The Bertz CT molecular complexity index is 1110. The average molecular weight is 388 g/mol. The Morgan fingerprint density at radius 3 is 2.52 bits per heavy atom. The maximum atomic E-state index is 13.1. The highest BCUT2D eigenvalue weighted by atomic mass is 35.5. The Morgan fingerprint density at radius 1 is 1.20 bits per heavy atom. The summed E-state index contributed by atoms with van der Waals surface area (Å²) in [6.45, 7) is 0. The molecule has 0 saturated heterocycles. The molecule has 7 heteroatoms. The number of hydrogen-bond donors (Lipinski definition) is 0. The van der Waals surface area contributed by atoms with Crippen molar-refractivity contribution in [3.63, 3.8) is 0 Å². The molecule has 1 aliphatic carbocycles. The van der Waals surface area contributed by atoms with Crippen molar-refractivity contribution >= 4 is 51.7 Å². The van der Waals surface area contributed by atoms with Gasteiger partial charge >= 0.3 is 0 Å². The molecule has 124 valence electrons. The number of hydrogen-bond acceptors (Lipinski definition) is 4. The molecule has 0 unspecified atom stereocenters. The summed E-state index contributed by atoms with van der Waals surface area (Å²) in [4.78, 5) is 21.8. The van der Waals surface area contributed by atoms with Gasteiger partial charge in [0.2, 0.25) is 5.43 Å². The van der Waals surface area contributed by atoms with E-state index in [9.17, 15) is 4.79 Å². The van der Waals surface area contributed by atoms with Gasteiger partial charge in [-0.3, -0.25) is 4.79 Å². The first-order valence-corrected chi connectivity index (χ1v) is 9.37. The molecular formula is C18H11Cl2N3OS. The predicted octanol–water partition coefficient (Wildman–Crippen LogP) is 4.90. The first kappa shape index (κ1) is 16.4. The average Bonchev–Trinajstić information content (AvgIpc) is 2.56. The van der Waals surface area contributed by atoms with Crippen molar-refractivity contribution < 1.29 is 0 Å². The van der Waals surface area contributed by atoms with Crippen LogP contribution in [0.15, 0.2) is 58.8 Å². The van der Waals surface area contributed by atoms with Crippen molar-refractivity contribution in [2.24, 2.45) is 0 Å². The van der Waals surface area contributed by atoms with Crippen molar-refractivity contribution in [3.8, 4) is 11.1 Å². The van der Waals surface area contributed by atoms with E-state index in [4.69, 9.17) is 23.2 Å². The molecule has 3 aromatic rings. The van der Waals surface area contributed by atoms with Gasteiger partial charge in [0.25, 0.3) is 0 Å². The highest BCUT2D eigenvalue weighted by molar-refractivity contribution is 7.98. The maximum Gasteiger partial charge on any atom is 0.200 e. The van der Waals surface area contributed by atoms with Gasteiger partial charge in [-0.05, 0) is 30.5 Å². The van der Waals surface area contributed by atoms with E-state index in [2.05, 4.69) is 9.97 Å². The van der Waals surface area contributed by atoms with Gasteiger partial charge in [-0.2, -0.15) is 0 Å². The molecule has 25 heavy (non-hydrogen) atoms. The number of benzene rings is 1. The van der Waals surface area contributed by atoms with Crippen LogP contribution in [0.5, 0.6) is 0 Å². The second-order valence-electron chi connectivity index (χ2n) is 5.38. The largest absolute Gasteiger partial charge is 0.300 e. The number of pyridine rings is 1. The van der Waals surface area contributed by atoms with Crippen molar-refractivity contribution in [2.45, 2.75) is 5.16 Å². The number of aromatic nitrogens is 3. The lowest BCUT2D eigenvalue weighted by Gasteiger charge is -2.17. The zero-order valence-corrected chi connectivity index (χ0v) is 15.4. The molecular weight excluding hydrogens is 377 g/mol. The second-order valence-corrected chi connectivity index (χ2v) is 6.97. The lowest BCUT2D eigenvalue weighted by molar-refractivity contribution is 0.962. The van der Waals surface area contributed by atoms with Crippen LogP contribution in [0.2, 0.25) is 10.0 Å². The van der Waals surface area contributed by atoms with Crippen LogP contribution in [-0.2, 0) is 0 Å². The van der Waals surface area contributed by atoms with Gasteiger partial charge in [-0.1, -0.05) is 47.1 Å². The standard InChI is InChI=1S/C18H11Cl2N3OS/c1-25-18-21-8-11-16(24)12(15-13(19)6-3-7-14(15)20)9-23(17(11)22-18)10-4-2-5-10/h2-9H,1H3. The lowest BCUT2D eigenvalue weighted by Crippen LogP contribution is -2.14. The molecule has 2 heterocycles. The van der Waals surface area contributed by atoms with Crippen molar-refractivity contribution in [1.29, 1.82) is 0 Å². The summed E-state index contributed by atoms with van der Waals surface area (Å²) in [5, 5.41) is 1.88. The summed E-state index contributed by atoms with van der Waals surface area (Å²) < 4.78 is 1.87. The van der Waals surface area contributed by atoms with Crippen molar-refractivity contribution in [3.05, 3.63) is 69.1 Å². The topological polar surface area (TPSA) is 47.8 Å². The molecule has 1 aliphatic rings. The zero-order valence-electron chi connectivity index (χ0n) is 13.0. The Morgan fingerprint density at radius 2 is 1.92 bits per heavy atom. The third kappa shape index (κ3) is 2.68. The smallest absolute Gasteiger partial charge is 0.200 e. The van der Waals surface area contributed by atoms with Gasteiger partial charge in [-0.25, -0.2) is 9.97 Å². The van der Waals surface area contributed by atoms with Crippen LogP contribution in [0.3, 0.4) is 0 Å². The molecule has 1 aromatic carbocycles. The fourth-order valence-corrected chi connectivity index (χ4v) is 3.60. The van der Waals surface area contributed by atoms with Gasteiger partial charge in [0.15, 0.2) is 10.8 Å². The quantitative estimate of drug-likeness (QED) is 0.473. The molecule has 0 aliphatic heterocycles. The van der Waals surface area contributed by atoms with Crippen LogP contribution in [-0.4, -0.2) is 20.8 Å². The molecule has 0 bridgehead atoms. The summed E-state index contributed by atoms with van der Waals surface area (Å²) >= 11 is 14.1. The van der Waals surface area contributed by atoms with E-state index < -0.39 is 0 Å². The van der Waals surface area contributed by atoms with E-state index in [1.165, 1.54) is 11.8 Å². The molecule has 2 aromatic heterocycles. The Kier molecular flexibility index (Phi) is 4.15. The first-order chi connectivity index (χ1) is 12.1. The molecule has 0 N–H and O–H groups in total.